The maximum Gasteiger partial charge on any atom is 0.178 e. The highest BCUT2D eigenvalue weighted by Gasteiger charge is 2.65. The van der Waals surface area contributed by atoms with Crippen LogP contribution in [-0.2, 0) is 12.0 Å². The van der Waals surface area contributed by atoms with Gasteiger partial charge in [0.05, 0.1) is 47.4 Å². The zero-order valence-corrected chi connectivity index (χ0v) is 19.3. The Balaban J connectivity index is 1.50. The quantitative estimate of drug-likeness (QED) is 0.470. The van der Waals surface area contributed by atoms with Crippen molar-refractivity contribution in [3.05, 3.63) is 71.6 Å². The van der Waals surface area contributed by atoms with E-state index in [2.05, 4.69) is 39.1 Å². The van der Waals surface area contributed by atoms with E-state index in [1.165, 1.54) is 24.5 Å². The van der Waals surface area contributed by atoms with E-state index in [4.69, 9.17) is 4.98 Å². The minimum atomic E-state index is -0.665. The Bertz CT molecular complexity index is 1430. The van der Waals surface area contributed by atoms with Crippen LogP contribution >= 0.6 is 0 Å². The molecule has 1 aromatic carbocycles. The van der Waals surface area contributed by atoms with E-state index >= 15 is 0 Å². The Morgan fingerprint density at radius 1 is 1.11 bits per heavy atom. The van der Waals surface area contributed by atoms with E-state index in [9.17, 15) is 13.9 Å². The summed E-state index contributed by atoms with van der Waals surface area (Å²) in [5.41, 5.74) is 2.22. The van der Waals surface area contributed by atoms with Gasteiger partial charge in [0, 0.05) is 6.20 Å². The van der Waals surface area contributed by atoms with E-state index in [0.29, 0.717) is 18.1 Å². The van der Waals surface area contributed by atoms with Crippen LogP contribution in [0.5, 0.6) is 0 Å². The van der Waals surface area contributed by atoms with Crippen LogP contribution in [0.4, 0.5) is 8.78 Å². The zero-order valence-electron chi connectivity index (χ0n) is 19.3. The standard InChI is InChI=1S/C25H23F2N7O/c1-24(2)15-6-7-25(24,20-12-28-11-19(31-20)23-29-13-30-34(23)8-9-35)22-14(15)10-18(32-33-22)21-16(26)4-3-5-17(21)27/h3-5,10-13,15,35H,6-9H2,1-2H3/t15?,25-/m0/s1. The molecule has 2 aliphatic rings. The third kappa shape index (κ3) is 2.92. The maximum atomic E-state index is 14.5. The van der Waals surface area contributed by atoms with Crippen LogP contribution in [0.25, 0.3) is 22.8 Å². The first-order valence-electron chi connectivity index (χ1n) is 11.5. The second-order valence-corrected chi connectivity index (χ2v) is 9.67. The summed E-state index contributed by atoms with van der Waals surface area (Å²) in [4.78, 5) is 13.7. The van der Waals surface area contributed by atoms with Gasteiger partial charge in [0.2, 0.25) is 0 Å². The molecule has 1 N–H and O–H groups in total. The minimum absolute atomic E-state index is 0.0734. The Morgan fingerprint density at radius 3 is 2.69 bits per heavy atom. The fourth-order valence-electron chi connectivity index (χ4n) is 6.16. The second kappa shape index (κ2) is 7.67. The Labute approximate surface area is 200 Å². The smallest absolute Gasteiger partial charge is 0.178 e. The van der Waals surface area contributed by atoms with Gasteiger partial charge in [-0.3, -0.25) is 4.98 Å². The molecule has 2 aliphatic carbocycles. The van der Waals surface area contributed by atoms with Crippen LogP contribution in [0.3, 0.4) is 0 Å². The van der Waals surface area contributed by atoms with Gasteiger partial charge in [-0.2, -0.15) is 10.2 Å². The van der Waals surface area contributed by atoms with Gasteiger partial charge in [-0.25, -0.2) is 23.4 Å². The molecular formula is C25H23F2N7O. The van der Waals surface area contributed by atoms with Crippen molar-refractivity contribution in [3.63, 3.8) is 0 Å². The third-order valence-electron chi connectivity index (χ3n) is 7.83. The second-order valence-electron chi connectivity index (χ2n) is 9.67. The van der Waals surface area contributed by atoms with Crippen LogP contribution < -0.4 is 0 Å². The van der Waals surface area contributed by atoms with Crippen molar-refractivity contribution < 1.29 is 13.9 Å². The molecule has 3 aromatic heterocycles. The average molecular weight is 476 g/mol. The molecule has 178 valence electrons. The van der Waals surface area contributed by atoms with Crippen LogP contribution in [0.2, 0.25) is 0 Å². The average Bonchev–Trinajstić information content (AvgIpc) is 3.47. The van der Waals surface area contributed by atoms with Crippen molar-refractivity contribution in [1.29, 1.82) is 0 Å². The molecule has 0 radical (unpaired) electrons. The molecule has 0 saturated heterocycles. The molecule has 2 bridgehead atoms. The van der Waals surface area contributed by atoms with Crippen LogP contribution in [0.1, 0.15) is 49.6 Å². The molecule has 0 spiro atoms. The Morgan fingerprint density at radius 2 is 1.91 bits per heavy atom. The zero-order chi connectivity index (χ0) is 24.4. The maximum absolute atomic E-state index is 14.5. The van der Waals surface area contributed by atoms with Crippen LogP contribution in [-0.4, -0.2) is 46.6 Å². The lowest BCUT2D eigenvalue weighted by molar-refractivity contribution is 0.242. The molecule has 8 nitrogen and oxygen atoms in total. The fourth-order valence-corrected chi connectivity index (χ4v) is 6.16. The van der Waals surface area contributed by atoms with Crippen molar-refractivity contribution in [1.82, 2.24) is 34.9 Å². The highest BCUT2D eigenvalue weighted by atomic mass is 19.1. The Hall–Kier alpha value is -3.66. The topological polar surface area (TPSA) is 102 Å². The number of hydrogen-bond acceptors (Lipinski definition) is 7. The monoisotopic (exact) mass is 475 g/mol. The van der Waals surface area contributed by atoms with Gasteiger partial charge in [0.1, 0.15) is 23.7 Å². The number of benzene rings is 1. The molecule has 0 aliphatic heterocycles. The van der Waals surface area contributed by atoms with Crippen molar-refractivity contribution in [2.24, 2.45) is 5.41 Å². The normalized spacial score (nSPS) is 21.9. The summed E-state index contributed by atoms with van der Waals surface area (Å²) >= 11 is 0. The van der Waals surface area contributed by atoms with Gasteiger partial charge in [-0.15, -0.1) is 5.10 Å². The van der Waals surface area contributed by atoms with Crippen LogP contribution in [0.15, 0.2) is 43.0 Å². The molecule has 0 amide bonds. The summed E-state index contributed by atoms with van der Waals surface area (Å²) in [5.74, 6) is -0.680. The molecule has 2 atom stereocenters. The molecule has 10 heteroatoms. The van der Waals surface area contributed by atoms with Crippen molar-refractivity contribution in [3.8, 4) is 22.8 Å². The van der Waals surface area contributed by atoms with E-state index in [-0.39, 0.29) is 29.2 Å². The van der Waals surface area contributed by atoms with E-state index in [0.717, 1.165) is 29.8 Å². The number of aliphatic hydroxyl groups is 1. The van der Waals surface area contributed by atoms with E-state index < -0.39 is 17.0 Å². The number of nitrogens with zero attached hydrogens (tertiary/aromatic N) is 7. The molecule has 4 aromatic rings. The fraction of sp³-hybridized carbons (Fsp3) is 0.360. The highest BCUT2D eigenvalue weighted by Crippen LogP contribution is 2.69. The van der Waals surface area contributed by atoms with Gasteiger partial charge in [-0.05, 0) is 47.9 Å². The van der Waals surface area contributed by atoms with Crippen molar-refractivity contribution in [2.45, 2.75) is 44.6 Å². The lowest BCUT2D eigenvalue weighted by Crippen LogP contribution is -2.38. The Kier molecular flexibility index (Phi) is 4.79. The highest BCUT2D eigenvalue weighted by molar-refractivity contribution is 5.64. The summed E-state index contributed by atoms with van der Waals surface area (Å²) in [7, 11) is 0. The summed E-state index contributed by atoms with van der Waals surface area (Å²) in [6.45, 7) is 4.58. The summed E-state index contributed by atoms with van der Waals surface area (Å²) in [6.07, 6.45) is 6.50. The predicted octanol–water partition coefficient (Wildman–Crippen LogP) is 3.67. The largest absolute Gasteiger partial charge is 0.394 e. The van der Waals surface area contributed by atoms with Gasteiger partial charge < -0.3 is 5.11 Å². The van der Waals surface area contributed by atoms with Crippen molar-refractivity contribution >= 4 is 0 Å². The van der Waals surface area contributed by atoms with Crippen molar-refractivity contribution in [2.75, 3.05) is 6.61 Å². The predicted molar refractivity (Wildman–Crippen MR) is 122 cm³/mol. The van der Waals surface area contributed by atoms with E-state index in [1.807, 2.05) is 0 Å². The summed E-state index contributed by atoms with van der Waals surface area (Å²) < 4.78 is 30.5. The van der Waals surface area contributed by atoms with E-state index in [1.54, 1.807) is 23.1 Å². The number of fused-ring (bicyclic) bond motifs is 5. The molecule has 1 saturated carbocycles. The van der Waals surface area contributed by atoms with Gasteiger partial charge in [0.15, 0.2) is 5.82 Å². The first kappa shape index (κ1) is 21.8. The number of aromatic nitrogens is 7. The lowest BCUT2D eigenvalue weighted by atomic mass is 9.66. The summed E-state index contributed by atoms with van der Waals surface area (Å²) in [6, 6.07) is 5.57. The molecule has 1 fully saturated rings. The summed E-state index contributed by atoms with van der Waals surface area (Å²) in [5, 5.41) is 22.4. The first-order valence-corrected chi connectivity index (χ1v) is 11.5. The van der Waals surface area contributed by atoms with Gasteiger partial charge in [0.25, 0.3) is 0 Å². The third-order valence-corrected chi connectivity index (χ3v) is 7.83. The molecular weight excluding hydrogens is 452 g/mol. The number of halogens is 2. The molecule has 3 heterocycles. The molecule has 35 heavy (non-hydrogen) atoms. The number of aliphatic hydroxyl groups excluding tert-OH is 1. The van der Waals surface area contributed by atoms with Gasteiger partial charge >= 0.3 is 0 Å². The number of hydrogen-bond donors (Lipinski definition) is 1. The molecule has 6 rings (SSSR count). The number of rotatable bonds is 5. The molecule has 1 unspecified atom stereocenters. The SMILES string of the molecule is CC1(C)C2CC[C@]1(c1cncc(-c3ncnn3CCO)n1)c1nnc(-c3c(F)cccc3F)cc12. The van der Waals surface area contributed by atoms with Gasteiger partial charge in [-0.1, -0.05) is 19.9 Å². The van der Waals surface area contributed by atoms with Crippen LogP contribution in [0, 0.1) is 17.0 Å². The lowest BCUT2D eigenvalue weighted by Gasteiger charge is -2.37. The minimum Gasteiger partial charge on any atom is -0.394 e. The first-order chi connectivity index (χ1) is 16.9.